The van der Waals surface area contributed by atoms with Crippen LogP contribution in [-0.2, 0) is 11.3 Å². The van der Waals surface area contributed by atoms with Gasteiger partial charge in [-0.15, -0.1) is 0 Å². The predicted molar refractivity (Wildman–Crippen MR) is 134 cm³/mol. The fourth-order valence-corrected chi connectivity index (χ4v) is 3.43. The Labute approximate surface area is 217 Å². The van der Waals surface area contributed by atoms with E-state index in [1.54, 1.807) is 32.0 Å². The highest BCUT2D eigenvalue weighted by molar-refractivity contribution is 6.01. The molecule has 2 aromatic rings. The minimum Gasteiger partial charge on any atom is -0.494 e. The van der Waals surface area contributed by atoms with Crippen LogP contribution < -0.4 is 25.6 Å². The molecule has 2 aromatic carbocycles. The summed E-state index contributed by atoms with van der Waals surface area (Å²) in [7, 11) is 1.43. The summed E-state index contributed by atoms with van der Waals surface area (Å²) in [6.45, 7) is 7.18. The van der Waals surface area contributed by atoms with Gasteiger partial charge < -0.3 is 35.8 Å². The fraction of sp³-hybridized carbons (Fsp3) is 0.440. The minimum absolute atomic E-state index is 0.148. The van der Waals surface area contributed by atoms with Gasteiger partial charge in [-0.25, -0.2) is 9.18 Å². The first kappa shape index (κ1) is 30.6. The molecule has 0 unspecified atom stereocenters. The van der Waals surface area contributed by atoms with E-state index in [9.17, 15) is 27.5 Å². The highest BCUT2D eigenvalue weighted by Crippen LogP contribution is 2.26. The van der Waals surface area contributed by atoms with Gasteiger partial charge >= 0.3 is 12.1 Å². The second kappa shape index (κ2) is 13.3. The van der Waals surface area contributed by atoms with Gasteiger partial charge in [0.05, 0.1) is 18.3 Å². The third-order valence-electron chi connectivity index (χ3n) is 5.34. The van der Waals surface area contributed by atoms with E-state index in [4.69, 9.17) is 14.6 Å². The molecule has 38 heavy (non-hydrogen) atoms. The molecule has 0 atom stereocenters. The molecule has 0 saturated carbocycles. The molecule has 1 fully saturated rings. The lowest BCUT2D eigenvalue weighted by Gasteiger charge is -2.31. The second-order valence-electron chi connectivity index (χ2n) is 9.09. The molecule has 210 valence electrons. The number of piperazine rings is 1. The van der Waals surface area contributed by atoms with Crippen molar-refractivity contribution in [3.8, 4) is 5.75 Å². The Bertz CT molecular complexity index is 1100. The standard InChI is InChI=1S/C23H31FN4O3.C2HF3O2/c1-23(2,30)15-27-22(29)18-13-17(5-6-20(18)28-10-8-25-9-11-28)26-14-16-4-7-21(31-3)19(24)12-16;3-2(4,5)1(6)7/h4-7,12-13,25-26,30H,8-11,14-15H2,1-3H3,(H,27,29);(H,6,7). The van der Waals surface area contributed by atoms with Crippen LogP contribution in [0.4, 0.5) is 28.9 Å². The molecule has 1 heterocycles. The number of amides is 1. The van der Waals surface area contributed by atoms with Gasteiger partial charge in [0.25, 0.3) is 5.91 Å². The molecule has 0 aromatic heterocycles. The number of carboxylic acids is 1. The number of methoxy groups -OCH3 is 1. The van der Waals surface area contributed by atoms with Gasteiger partial charge in [-0.1, -0.05) is 6.07 Å². The summed E-state index contributed by atoms with van der Waals surface area (Å²) in [6.07, 6.45) is -5.08. The summed E-state index contributed by atoms with van der Waals surface area (Å²) < 4.78 is 50.6. The number of carboxylic acid groups (broad SMARTS) is 1. The van der Waals surface area contributed by atoms with E-state index in [0.29, 0.717) is 12.1 Å². The maximum Gasteiger partial charge on any atom is 0.490 e. The van der Waals surface area contributed by atoms with Gasteiger partial charge in [-0.05, 0) is 49.7 Å². The Morgan fingerprint density at radius 3 is 2.26 bits per heavy atom. The highest BCUT2D eigenvalue weighted by Gasteiger charge is 2.38. The molecule has 1 saturated heterocycles. The Hall–Kier alpha value is -3.58. The molecular weight excluding hydrogens is 512 g/mol. The number of carbonyl (C=O) groups excluding carboxylic acids is 1. The number of aliphatic hydroxyl groups is 1. The predicted octanol–water partition coefficient (Wildman–Crippen LogP) is 2.99. The number of benzene rings is 2. The molecule has 0 spiro atoms. The van der Waals surface area contributed by atoms with Crippen molar-refractivity contribution < 1.29 is 42.1 Å². The van der Waals surface area contributed by atoms with E-state index >= 15 is 0 Å². The van der Waals surface area contributed by atoms with Crippen LogP contribution in [0.5, 0.6) is 5.75 Å². The van der Waals surface area contributed by atoms with Crippen LogP contribution >= 0.6 is 0 Å². The van der Waals surface area contributed by atoms with Crippen LogP contribution in [0.3, 0.4) is 0 Å². The quantitative estimate of drug-likeness (QED) is 0.322. The second-order valence-corrected chi connectivity index (χ2v) is 9.09. The number of nitrogens with one attached hydrogen (secondary N) is 3. The van der Waals surface area contributed by atoms with Crippen molar-refractivity contribution in [3.05, 3.63) is 53.3 Å². The van der Waals surface area contributed by atoms with E-state index < -0.39 is 23.6 Å². The van der Waals surface area contributed by atoms with Gasteiger partial charge in [0, 0.05) is 50.6 Å². The number of aliphatic carboxylic acids is 1. The zero-order valence-corrected chi connectivity index (χ0v) is 21.3. The molecule has 0 bridgehead atoms. The molecule has 13 heteroatoms. The zero-order chi connectivity index (χ0) is 28.5. The van der Waals surface area contributed by atoms with Gasteiger partial charge in [0.2, 0.25) is 0 Å². The van der Waals surface area contributed by atoms with Crippen LogP contribution in [0.2, 0.25) is 0 Å². The maximum atomic E-state index is 13.9. The van der Waals surface area contributed by atoms with E-state index in [2.05, 4.69) is 20.9 Å². The van der Waals surface area contributed by atoms with Gasteiger partial charge in [-0.2, -0.15) is 13.2 Å². The summed E-state index contributed by atoms with van der Waals surface area (Å²) >= 11 is 0. The third-order valence-corrected chi connectivity index (χ3v) is 5.34. The number of halogens is 4. The van der Waals surface area contributed by atoms with Crippen molar-refractivity contribution in [2.45, 2.75) is 32.2 Å². The average molecular weight is 545 g/mol. The number of carbonyl (C=O) groups is 2. The molecule has 5 N–H and O–H groups in total. The maximum absolute atomic E-state index is 13.9. The van der Waals surface area contributed by atoms with Crippen LogP contribution in [0, 0.1) is 5.82 Å². The Kier molecular flexibility index (Phi) is 10.7. The minimum atomic E-state index is -5.08. The van der Waals surface area contributed by atoms with Crippen molar-refractivity contribution >= 4 is 23.3 Å². The number of alkyl halides is 3. The fourth-order valence-electron chi connectivity index (χ4n) is 3.43. The van der Waals surface area contributed by atoms with Gasteiger partial charge in [-0.3, -0.25) is 4.79 Å². The van der Waals surface area contributed by atoms with E-state index in [1.807, 2.05) is 12.1 Å². The third kappa shape index (κ3) is 9.71. The Balaban J connectivity index is 0.000000638. The smallest absolute Gasteiger partial charge is 0.490 e. The van der Waals surface area contributed by atoms with Crippen LogP contribution in [0.15, 0.2) is 36.4 Å². The highest BCUT2D eigenvalue weighted by atomic mass is 19.4. The molecule has 0 aliphatic carbocycles. The van der Waals surface area contributed by atoms with Crippen molar-refractivity contribution in [2.24, 2.45) is 0 Å². The molecule has 0 radical (unpaired) electrons. The number of ether oxygens (including phenoxy) is 1. The molecule has 9 nitrogen and oxygen atoms in total. The van der Waals surface area contributed by atoms with E-state index in [0.717, 1.165) is 43.1 Å². The summed E-state index contributed by atoms with van der Waals surface area (Å²) in [6, 6.07) is 10.5. The van der Waals surface area contributed by atoms with Crippen LogP contribution in [0.25, 0.3) is 0 Å². The largest absolute Gasteiger partial charge is 0.494 e. The molecule has 1 aliphatic rings. The van der Waals surface area contributed by atoms with E-state index in [1.165, 1.54) is 13.2 Å². The van der Waals surface area contributed by atoms with Crippen LogP contribution in [0.1, 0.15) is 29.8 Å². The SMILES string of the molecule is COc1ccc(CNc2ccc(N3CCNCC3)c(C(=O)NCC(C)(C)O)c2)cc1F.O=C(O)C(F)(F)F. The van der Waals surface area contributed by atoms with Crippen molar-refractivity contribution in [3.63, 3.8) is 0 Å². The van der Waals surface area contributed by atoms with Crippen molar-refractivity contribution in [1.82, 2.24) is 10.6 Å². The number of rotatable bonds is 8. The zero-order valence-electron chi connectivity index (χ0n) is 21.3. The number of hydrogen-bond acceptors (Lipinski definition) is 7. The Morgan fingerprint density at radius 2 is 1.74 bits per heavy atom. The first-order valence-electron chi connectivity index (χ1n) is 11.7. The lowest BCUT2D eigenvalue weighted by Crippen LogP contribution is -2.44. The monoisotopic (exact) mass is 544 g/mol. The summed E-state index contributed by atoms with van der Waals surface area (Å²) in [4.78, 5) is 24.0. The van der Waals surface area contributed by atoms with E-state index in [-0.39, 0.29) is 18.2 Å². The first-order valence-corrected chi connectivity index (χ1v) is 11.7. The summed E-state index contributed by atoms with van der Waals surface area (Å²) in [5.74, 6) is -3.21. The lowest BCUT2D eigenvalue weighted by atomic mass is 10.1. The Morgan fingerprint density at radius 1 is 1.11 bits per heavy atom. The normalized spacial score (nSPS) is 13.7. The molecule has 3 rings (SSSR count). The number of hydrogen-bond donors (Lipinski definition) is 5. The van der Waals surface area contributed by atoms with Crippen LogP contribution in [-0.4, -0.2) is 73.7 Å². The molecule has 1 amide bonds. The topological polar surface area (TPSA) is 123 Å². The van der Waals surface area contributed by atoms with Crippen molar-refractivity contribution in [1.29, 1.82) is 0 Å². The van der Waals surface area contributed by atoms with Crippen molar-refractivity contribution in [2.75, 3.05) is 50.1 Å². The molecule has 1 aliphatic heterocycles. The first-order chi connectivity index (χ1) is 17.7. The number of anilines is 2. The molecular formula is C25H32F4N4O5. The summed E-state index contributed by atoms with van der Waals surface area (Å²) in [5, 5.41) is 26.5. The van der Waals surface area contributed by atoms with Gasteiger partial charge in [0.1, 0.15) is 0 Å². The number of nitrogens with zero attached hydrogens (tertiary/aromatic N) is 1. The summed E-state index contributed by atoms with van der Waals surface area (Å²) in [5.41, 5.74) is 1.91. The lowest BCUT2D eigenvalue weighted by molar-refractivity contribution is -0.192. The average Bonchev–Trinajstić information content (AvgIpc) is 2.86. The van der Waals surface area contributed by atoms with Gasteiger partial charge in [0.15, 0.2) is 11.6 Å².